The van der Waals surface area contributed by atoms with E-state index in [-0.39, 0.29) is 0 Å². The van der Waals surface area contributed by atoms with E-state index in [1.807, 2.05) is 0 Å². The summed E-state index contributed by atoms with van der Waals surface area (Å²) in [6.07, 6.45) is -0.745. The van der Waals surface area contributed by atoms with Crippen LogP contribution in [0.4, 0.5) is 35.1 Å². The highest BCUT2D eigenvalue weighted by Gasteiger charge is 2.76. The molecule has 4 aliphatic rings. The molecule has 1 aromatic carbocycles. The van der Waals surface area contributed by atoms with Crippen LogP contribution in [0, 0.1) is 0 Å². The lowest BCUT2D eigenvalue weighted by Gasteiger charge is -2.68. The molecule has 45 heavy (non-hydrogen) atoms. The van der Waals surface area contributed by atoms with Gasteiger partial charge >= 0.3 is 0 Å². The van der Waals surface area contributed by atoms with Crippen molar-refractivity contribution in [1.82, 2.24) is 0 Å². The van der Waals surface area contributed by atoms with Crippen molar-refractivity contribution >= 4 is 6.15 Å². The third-order valence-electron chi connectivity index (χ3n) is 9.54. The zero-order valence-electron chi connectivity index (χ0n) is 25.4. The summed E-state index contributed by atoms with van der Waals surface area (Å²) in [6, 6.07) is 10.7. The van der Waals surface area contributed by atoms with Crippen molar-refractivity contribution in [2.75, 3.05) is 13.1 Å². The fraction of sp³-hybridized carbons (Fsp3) is 0.371. The van der Waals surface area contributed by atoms with Crippen molar-refractivity contribution in [3.63, 3.8) is 0 Å². The highest BCUT2D eigenvalue weighted by Crippen LogP contribution is 2.62. The predicted molar refractivity (Wildman–Crippen MR) is 165 cm³/mol. The molecule has 0 bridgehead atoms. The number of hydrogen-bond donors (Lipinski definition) is 1. The van der Waals surface area contributed by atoms with E-state index in [9.17, 15) is 17.6 Å². The molecule has 4 aliphatic carbocycles. The number of halogens is 8. The molecule has 0 fully saturated rings. The second kappa shape index (κ2) is 13.5. The third kappa shape index (κ3) is 6.48. The molecule has 5 rings (SSSR count). The molecule has 0 aromatic heterocycles. The molecule has 1 aromatic rings. The van der Waals surface area contributed by atoms with Crippen LogP contribution in [-0.2, 0) is 6.54 Å². The van der Waals surface area contributed by atoms with Gasteiger partial charge < -0.3 is 4.90 Å². The van der Waals surface area contributed by atoms with Crippen LogP contribution in [0.5, 0.6) is 0 Å². The first-order valence-corrected chi connectivity index (χ1v) is 15.2. The molecule has 4 unspecified atom stereocenters. The van der Waals surface area contributed by atoms with Crippen molar-refractivity contribution in [3.8, 4) is 0 Å². The number of benzene rings is 1. The summed E-state index contributed by atoms with van der Waals surface area (Å²) in [6.45, 7) is 8.06. The molecule has 1 N–H and O–H groups in total. The summed E-state index contributed by atoms with van der Waals surface area (Å²) in [4.78, 5) is 1.64. The highest BCUT2D eigenvalue weighted by molar-refractivity contribution is 6.92. The number of nitrogens with one attached hydrogen (secondary N) is 1. The fourth-order valence-corrected chi connectivity index (χ4v) is 7.72. The second-order valence-corrected chi connectivity index (χ2v) is 12.3. The van der Waals surface area contributed by atoms with Gasteiger partial charge in [0, 0.05) is 53.5 Å². The molecule has 0 aliphatic heterocycles. The minimum absolute atomic E-state index is 0.609. The van der Waals surface area contributed by atoms with E-state index in [0.29, 0.717) is 24.3 Å². The average molecular weight is 635 g/mol. The summed E-state index contributed by atoms with van der Waals surface area (Å²) < 4.78 is 126. The zero-order chi connectivity index (χ0) is 32.9. The molecule has 0 saturated carbocycles. The number of allylic oxidation sites excluding steroid dienone is 16. The van der Waals surface area contributed by atoms with Crippen LogP contribution in [0.15, 0.2) is 127 Å². The normalized spacial score (nSPS) is 32.2. The van der Waals surface area contributed by atoms with Gasteiger partial charge in [-0.1, -0.05) is 78.9 Å². The summed E-state index contributed by atoms with van der Waals surface area (Å²) >= 11 is 0. The van der Waals surface area contributed by atoms with Crippen molar-refractivity contribution in [2.24, 2.45) is 0 Å². The number of alkyl halides is 4. The lowest BCUT2D eigenvalue weighted by atomic mass is 8.99. The van der Waals surface area contributed by atoms with Crippen LogP contribution >= 0.6 is 0 Å². The Labute approximate surface area is 259 Å². The van der Waals surface area contributed by atoms with E-state index in [4.69, 9.17) is 0 Å². The Kier molecular flexibility index (Phi) is 10.4. The summed E-state index contributed by atoms with van der Waals surface area (Å²) in [5, 5.41) is 0. The van der Waals surface area contributed by atoms with E-state index in [1.165, 1.54) is 18.7 Å². The van der Waals surface area contributed by atoms with Gasteiger partial charge in [0.2, 0.25) is 0 Å². The van der Waals surface area contributed by atoms with Crippen molar-refractivity contribution in [3.05, 3.63) is 132 Å². The predicted octanol–water partition coefficient (Wildman–Crippen LogP) is 8.79. The number of quaternary nitrogens is 1. The van der Waals surface area contributed by atoms with Crippen molar-refractivity contribution in [2.45, 2.75) is 68.3 Å². The van der Waals surface area contributed by atoms with Gasteiger partial charge in [0.15, 0.2) is 6.15 Å². The molecule has 0 radical (unpaired) electrons. The average Bonchev–Trinajstić information content (AvgIpc) is 2.96. The molecule has 4 atom stereocenters. The second-order valence-electron chi connectivity index (χ2n) is 12.3. The minimum Gasteiger partial charge on any atom is -0.332 e. The molecular formula is C35H38BF8N. The van der Waals surface area contributed by atoms with Crippen LogP contribution in [0.25, 0.3) is 0 Å². The van der Waals surface area contributed by atoms with Gasteiger partial charge in [0.05, 0.1) is 36.4 Å². The Bertz CT molecular complexity index is 1300. The van der Waals surface area contributed by atoms with Crippen LogP contribution in [-0.4, -0.2) is 41.5 Å². The first kappa shape index (κ1) is 34.5. The fourth-order valence-electron chi connectivity index (χ4n) is 7.72. The standard InChI is InChI=1S/C24H20BF8.C11H17N/c26-17-5-1-9-21(30,13-17)25(22(31)10-2-6-18(27)14-22,23(32)11-3-7-19(28)15-23)24(33)12-4-8-20(29)16-24;1-3-12(4-2)10-11-8-6-5-7-9-11/h1-12H,13-16H2;5-9H,3-4,10H2,1-2H3/q-1;/p+1. The minimum atomic E-state index is -4.72. The Morgan fingerprint density at radius 2 is 0.867 bits per heavy atom. The van der Waals surface area contributed by atoms with Crippen LogP contribution < -0.4 is 4.90 Å². The van der Waals surface area contributed by atoms with Gasteiger partial charge in [-0.2, -0.15) is 0 Å². The quantitative estimate of drug-likeness (QED) is 0.215. The van der Waals surface area contributed by atoms with Gasteiger partial charge in [0.25, 0.3) is 0 Å². The van der Waals surface area contributed by atoms with Crippen molar-refractivity contribution in [1.29, 1.82) is 0 Å². The number of hydrogen-bond acceptors (Lipinski definition) is 0. The van der Waals surface area contributed by atoms with Crippen LogP contribution in [0.2, 0.25) is 0 Å². The Morgan fingerprint density at radius 3 is 1.13 bits per heavy atom. The van der Waals surface area contributed by atoms with Crippen LogP contribution in [0.3, 0.4) is 0 Å². The molecule has 0 saturated heterocycles. The van der Waals surface area contributed by atoms with Gasteiger partial charge in [-0.05, 0) is 38.2 Å². The first-order chi connectivity index (χ1) is 21.3. The topological polar surface area (TPSA) is 4.44 Å². The highest BCUT2D eigenvalue weighted by atomic mass is 19.2. The molecule has 0 heterocycles. The van der Waals surface area contributed by atoms with E-state index in [2.05, 4.69) is 44.2 Å². The lowest BCUT2D eigenvalue weighted by molar-refractivity contribution is -0.910. The van der Waals surface area contributed by atoms with Gasteiger partial charge in [-0.25, -0.2) is 17.6 Å². The van der Waals surface area contributed by atoms with E-state index in [0.717, 1.165) is 55.2 Å². The van der Waals surface area contributed by atoms with Crippen molar-refractivity contribution < 1.29 is 40.0 Å². The molecule has 10 heteroatoms. The Morgan fingerprint density at radius 1 is 0.556 bits per heavy atom. The summed E-state index contributed by atoms with van der Waals surface area (Å²) in [7, 11) is 0. The van der Waals surface area contributed by atoms with E-state index < -0.39 is 77.4 Å². The van der Waals surface area contributed by atoms with E-state index in [1.54, 1.807) is 4.90 Å². The first-order valence-electron chi connectivity index (χ1n) is 15.2. The van der Waals surface area contributed by atoms with Gasteiger partial charge in [-0.15, -0.1) is 0 Å². The molecule has 1 nitrogen and oxygen atoms in total. The molecule has 0 spiro atoms. The molecule has 242 valence electrons. The number of rotatable bonds is 8. The Balaban J connectivity index is 0.000000323. The maximum Gasteiger partial charge on any atom is 0.183 e. The largest absolute Gasteiger partial charge is 0.332 e. The summed E-state index contributed by atoms with van der Waals surface area (Å²) in [5.41, 5.74) is -12.3. The van der Waals surface area contributed by atoms with Gasteiger partial charge in [-0.3, -0.25) is 17.6 Å². The Hall–Kier alpha value is -3.40. The van der Waals surface area contributed by atoms with Crippen LogP contribution in [0.1, 0.15) is 45.1 Å². The zero-order valence-corrected chi connectivity index (χ0v) is 25.4. The molecular weight excluding hydrogens is 597 g/mol. The monoisotopic (exact) mass is 635 g/mol. The summed E-state index contributed by atoms with van der Waals surface area (Å²) in [5.74, 6) is -4.59. The van der Waals surface area contributed by atoms with E-state index >= 15 is 17.6 Å². The SMILES string of the molecule is CC[NH+](CC)Cc1ccccc1.FC1=CC=CC(F)([B-](C2(F)C=CC=C(F)C2)(C2(F)C=CC=C(F)C2)C2(F)C=CC=C(F)C2)C1. The molecule has 0 amide bonds. The van der Waals surface area contributed by atoms with Gasteiger partial charge in [0.1, 0.15) is 6.54 Å². The smallest absolute Gasteiger partial charge is 0.183 e. The lowest BCUT2D eigenvalue weighted by Crippen LogP contribution is -3.10. The maximum atomic E-state index is 17.0. The third-order valence-corrected chi connectivity index (χ3v) is 9.54. The maximum absolute atomic E-state index is 17.0.